The molecule has 1 saturated carbocycles. The van der Waals surface area contributed by atoms with E-state index in [1.54, 1.807) is 0 Å². The number of hydrogen-bond donors (Lipinski definition) is 0. The predicted molar refractivity (Wildman–Crippen MR) is 90.3 cm³/mol. The molecule has 23 heavy (non-hydrogen) atoms. The molecular weight excluding hydrogens is 288 g/mol. The molecule has 0 bridgehead atoms. The second kappa shape index (κ2) is 7.89. The zero-order chi connectivity index (χ0) is 16.1. The SMILES string of the molecule is C=CCC(C(=O)c1ccc(C2OCCO2)cc1)C1CCCCC1. The van der Waals surface area contributed by atoms with Gasteiger partial charge in [-0.1, -0.05) is 49.6 Å². The lowest BCUT2D eigenvalue weighted by molar-refractivity contribution is -0.0441. The number of ether oxygens (including phenoxy) is 2. The Hall–Kier alpha value is -1.45. The van der Waals surface area contributed by atoms with Crippen LogP contribution in [-0.4, -0.2) is 19.0 Å². The Balaban J connectivity index is 1.72. The minimum Gasteiger partial charge on any atom is -0.346 e. The standard InChI is InChI=1S/C20H26O3/c1-2-6-18(15-7-4-3-5-8-15)19(21)16-9-11-17(12-10-16)20-22-13-14-23-20/h2,9-12,15,18,20H,1,3-8,13-14H2. The van der Waals surface area contributed by atoms with Gasteiger partial charge in [0.2, 0.25) is 0 Å². The first-order valence-corrected chi connectivity index (χ1v) is 8.78. The quantitative estimate of drug-likeness (QED) is 0.564. The summed E-state index contributed by atoms with van der Waals surface area (Å²) in [5.41, 5.74) is 1.78. The fourth-order valence-electron chi connectivity index (χ4n) is 3.80. The van der Waals surface area contributed by atoms with Crippen molar-refractivity contribution in [3.63, 3.8) is 0 Å². The molecule has 3 heteroatoms. The maximum absolute atomic E-state index is 13.0. The number of benzene rings is 1. The maximum Gasteiger partial charge on any atom is 0.184 e. The highest BCUT2D eigenvalue weighted by Crippen LogP contribution is 2.34. The molecule has 3 nitrogen and oxygen atoms in total. The highest BCUT2D eigenvalue weighted by atomic mass is 16.7. The first-order chi connectivity index (χ1) is 11.3. The summed E-state index contributed by atoms with van der Waals surface area (Å²) < 4.78 is 11.0. The number of ketones is 1. The van der Waals surface area contributed by atoms with Crippen LogP contribution in [0.25, 0.3) is 0 Å². The van der Waals surface area contributed by atoms with Crippen LogP contribution in [0.1, 0.15) is 60.7 Å². The second-order valence-corrected chi connectivity index (χ2v) is 6.59. The number of Topliss-reactive ketones (excluding diaryl/α,β-unsaturated/α-hetero) is 1. The summed E-state index contributed by atoms with van der Waals surface area (Å²) in [5, 5.41) is 0. The molecule has 1 aromatic rings. The van der Waals surface area contributed by atoms with Gasteiger partial charge in [-0.05, 0) is 25.2 Å². The highest BCUT2D eigenvalue weighted by Gasteiger charge is 2.29. The van der Waals surface area contributed by atoms with Gasteiger partial charge in [-0.2, -0.15) is 0 Å². The zero-order valence-corrected chi connectivity index (χ0v) is 13.7. The Morgan fingerprint density at radius 1 is 1.13 bits per heavy atom. The Bertz CT molecular complexity index is 522. The number of carbonyl (C=O) groups is 1. The Labute approximate surface area is 138 Å². The van der Waals surface area contributed by atoms with Crippen LogP contribution in [0.5, 0.6) is 0 Å². The highest BCUT2D eigenvalue weighted by molar-refractivity contribution is 5.98. The average Bonchev–Trinajstić information content (AvgIpc) is 3.15. The Morgan fingerprint density at radius 2 is 1.78 bits per heavy atom. The van der Waals surface area contributed by atoms with Crippen molar-refractivity contribution < 1.29 is 14.3 Å². The van der Waals surface area contributed by atoms with E-state index >= 15 is 0 Å². The Morgan fingerprint density at radius 3 is 2.39 bits per heavy atom. The lowest BCUT2D eigenvalue weighted by atomic mass is 9.75. The molecule has 1 atom stereocenters. The van der Waals surface area contributed by atoms with Crippen LogP contribution < -0.4 is 0 Å². The molecule has 1 aliphatic heterocycles. The molecule has 3 rings (SSSR count). The van der Waals surface area contributed by atoms with Crippen LogP contribution in [0.4, 0.5) is 0 Å². The minimum absolute atomic E-state index is 0.0811. The summed E-state index contributed by atoms with van der Waals surface area (Å²) in [6, 6.07) is 7.74. The van der Waals surface area contributed by atoms with E-state index in [1.807, 2.05) is 30.3 Å². The fraction of sp³-hybridized carbons (Fsp3) is 0.550. The third kappa shape index (κ3) is 3.91. The van der Waals surface area contributed by atoms with Crippen molar-refractivity contribution >= 4 is 5.78 Å². The molecule has 0 N–H and O–H groups in total. The molecule has 0 amide bonds. The summed E-state index contributed by atoms with van der Waals surface area (Å²) in [4.78, 5) is 13.0. The summed E-state index contributed by atoms with van der Waals surface area (Å²) in [6.07, 6.45) is 8.55. The van der Waals surface area contributed by atoms with Gasteiger partial charge in [0.15, 0.2) is 12.1 Å². The molecule has 2 fully saturated rings. The third-order valence-electron chi connectivity index (χ3n) is 5.07. The molecule has 1 heterocycles. The predicted octanol–water partition coefficient (Wildman–Crippen LogP) is 4.69. The van der Waals surface area contributed by atoms with Gasteiger partial charge in [0.25, 0.3) is 0 Å². The van der Waals surface area contributed by atoms with Crippen LogP contribution in [0.2, 0.25) is 0 Å². The largest absolute Gasteiger partial charge is 0.346 e. The normalized spacial score (nSPS) is 21.2. The van der Waals surface area contributed by atoms with Crippen molar-refractivity contribution in [2.75, 3.05) is 13.2 Å². The van der Waals surface area contributed by atoms with Gasteiger partial charge in [-0.3, -0.25) is 4.79 Å². The minimum atomic E-state index is -0.276. The Kier molecular flexibility index (Phi) is 5.63. The molecular formula is C20H26O3. The van der Waals surface area contributed by atoms with Gasteiger partial charge < -0.3 is 9.47 Å². The fourth-order valence-corrected chi connectivity index (χ4v) is 3.80. The van der Waals surface area contributed by atoms with Crippen LogP contribution >= 0.6 is 0 Å². The number of hydrogen-bond acceptors (Lipinski definition) is 3. The summed E-state index contributed by atoms with van der Waals surface area (Å²) in [5.74, 6) is 0.852. The van der Waals surface area contributed by atoms with E-state index in [-0.39, 0.29) is 18.0 Å². The monoisotopic (exact) mass is 314 g/mol. The van der Waals surface area contributed by atoms with Gasteiger partial charge >= 0.3 is 0 Å². The number of rotatable bonds is 6. The van der Waals surface area contributed by atoms with E-state index in [2.05, 4.69) is 6.58 Å². The molecule has 2 aliphatic rings. The van der Waals surface area contributed by atoms with Crippen molar-refractivity contribution in [2.24, 2.45) is 11.8 Å². The van der Waals surface area contributed by atoms with E-state index in [0.29, 0.717) is 19.1 Å². The zero-order valence-electron chi connectivity index (χ0n) is 13.7. The average molecular weight is 314 g/mol. The van der Waals surface area contributed by atoms with Crippen LogP contribution in [0, 0.1) is 11.8 Å². The van der Waals surface area contributed by atoms with Gasteiger partial charge in [-0.15, -0.1) is 6.58 Å². The smallest absolute Gasteiger partial charge is 0.184 e. The molecule has 0 spiro atoms. The number of carbonyl (C=O) groups excluding carboxylic acids is 1. The van der Waals surface area contributed by atoms with Gasteiger partial charge in [0.1, 0.15) is 0 Å². The van der Waals surface area contributed by atoms with Crippen molar-refractivity contribution in [3.8, 4) is 0 Å². The van der Waals surface area contributed by atoms with E-state index in [9.17, 15) is 4.79 Å². The van der Waals surface area contributed by atoms with Crippen molar-refractivity contribution in [1.82, 2.24) is 0 Å². The van der Waals surface area contributed by atoms with E-state index in [4.69, 9.17) is 9.47 Å². The van der Waals surface area contributed by atoms with Gasteiger partial charge in [-0.25, -0.2) is 0 Å². The topological polar surface area (TPSA) is 35.5 Å². The summed E-state index contributed by atoms with van der Waals surface area (Å²) in [6.45, 7) is 5.12. The molecule has 0 aromatic heterocycles. The first-order valence-electron chi connectivity index (χ1n) is 8.78. The lowest BCUT2D eigenvalue weighted by Crippen LogP contribution is -2.25. The van der Waals surface area contributed by atoms with Crippen LogP contribution in [0.3, 0.4) is 0 Å². The van der Waals surface area contributed by atoms with E-state index < -0.39 is 0 Å². The third-order valence-corrected chi connectivity index (χ3v) is 5.07. The van der Waals surface area contributed by atoms with E-state index in [1.165, 1.54) is 32.1 Å². The van der Waals surface area contributed by atoms with Crippen molar-refractivity contribution in [2.45, 2.75) is 44.8 Å². The molecule has 1 aliphatic carbocycles. The molecule has 124 valence electrons. The molecule has 1 saturated heterocycles. The summed E-state index contributed by atoms with van der Waals surface area (Å²) >= 11 is 0. The van der Waals surface area contributed by atoms with E-state index in [0.717, 1.165) is 17.5 Å². The van der Waals surface area contributed by atoms with Gasteiger partial charge in [0, 0.05) is 17.0 Å². The summed E-state index contributed by atoms with van der Waals surface area (Å²) in [7, 11) is 0. The first kappa shape index (κ1) is 16.4. The molecule has 1 unspecified atom stereocenters. The van der Waals surface area contributed by atoms with Crippen molar-refractivity contribution in [3.05, 3.63) is 48.0 Å². The number of allylic oxidation sites excluding steroid dienone is 1. The molecule has 1 aromatic carbocycles. The molecule has 0 radical (unpaired) electrons. The maximum atomic E-state index is 13.0. The van der Waals surface area contributed by atoms with Gasteiger partial charge in [0.05, 0.1) is 13.2 Å². The second-order valence-electron chi connectivity index (χ2n) is 6.59. The van der Waals surface area contributed by atoms with Crippen molar-refractivity contribution in [1.29, 1.82) is 0 Å². The lowest BCUT2D eigenvalue weighted by Gasteiger charge is -2.28. The van der Waals surface area contributed by atoms with Crippen LogP contribution in [-0.2, 0) is 9.47 Å². The van der Waals surface area contributed by atoms with Crippen LogP contribution in [0.15, 0.2) is 36.9 Å².